The number of benzene rings is 1. The molecule has 10 heteroatoms. The molecular weight excluding hydrogens is 416 g/mol. The molecule has 3 aliphatic rings. The third-order valence-electron chi connectivity index (χ3n) is 7.46. The minimum absolute atomic E-state index is 0.151. The summed E-state index contributed by atoms with van der Waals surface area (Å²) in [6, 6.07) is 5.40. The van der Waals surface area contributed by atoms with E-state index >= 15 is 0 Å². The third kappa shape index (κ3) is 3.93. The van der Waals surface area contributed by atoms with Crippen molar-refractivity contribution >= 4 is 20.6 Å². The Balaban J connectivity index is 1.61. The van der Waals surface area contributed by atoms with Gasteiger partial charge in [-0.2, -0.15) is 22.0 Å². The lowest BCUT2D eigenvalue weighted by Crippen LogP contribution is -2.47. The van der Waals surface area contributed by atoms with Gasteiger partial charge in [-0.05, 0) is 86.0 Å². The molecule has 8 nitrogen and oxygen atoms in total. The van der Waals surface area contributed by atoms with E-state index in [0.29, 0.717) is 24.2 Å². The van der Waals surface area contributed by atoms with Crippen LogP contribution in [0.3, 0.4) is 0 Å². The van der Waals surface area contributed by atoms with Gasteiger partial charge in [0.05, 0.1) is 6.10 Å². The highest BCUT2D eigenvalue weighted by molar-refractivity contribution is 7.84. The fourth-order valence-electron chi connectivity index (χ4n) is 6.48. The highest BCUT2D eigenvalue weighted by atomic mass is 32.2. The minimum atomic E-state index is -4.04. The molecule has 29 heavy (non-hydrogen) atoms. The molecule has 4 N–H and O–H groups in total. The molecule has 0 aromatic heterocycles. The van der Waals surface area contributed by atoms with E-state index < -0.39 is 20.6 Å². The topological polar surface area (TPSA) is 139 Å². The first-order chi connectivity index (χ1) is 13.5. The Bertz CT molecular complexity index is 1010. The maximum atomic E-state index is 11.6. The lowest BCUT2D eigenvalue weighted by Gasteiger charge is -2.51. The SMILES string of the molecule is CC[C@]12CC[C@@H]3c4ccc(OS(N)(=O)=O)cc4CC[C@H]3[C@@H]1CC[C@@H]2OS(N)(=O)=O. The normalized spacial score (nSPS) is 34.2. The van der Waals surface area contributed by atoms with E-state index in [1.54, 1.807) is 12.1 Å². The number of nitrogens with two attached hydrogens (primary N) is 2. The molecule has 4 rings (SSSR count). The Morgan fingerprint density at radius 3 is 2.48 bits per heavy atom. The van der Waals surface area contributed by atoms with Crippen LogP contribution >= 0.6 is 0 Å². The van der Waals surface area contributed by atoms with Crippen molar-refractivity contribution in [3.63, 3.8) is 0 Å². The molecule has 2 saturated carbocycles. The monoisotopic (exact) mass is 444 g/mol. The first-order valence-electron chi connectivity index (χ1n) is 10.1. The van der Waals surface area contributed by atoms with Crippen molar-refractivity contribution in [1.29, 1.82) is 0 Å². The summed E-state index contributed by atoms with van der Waals surface area (Å²) in [6.07, 6.45) is 5.82. The van der Waals surface area contributed by atoms with Gasteiger partial charge < -0.3 is 4.18 Å². The summed E-state index contributed by atoms with van der Waals surface area (Å²) in [5.74, 6) is 1.47. The Kier molecular flexibility index (Phi) is 5.22. The Labute approximate surface area is 172 Å². The predicted molar refractivity (Wildman–Crippen MR) is 107 cm³/mol. The number of hydrogen-bond donors (Lipinski definition) is 2. The Morgan fingerprint density at radius 2 is 1.83 bits per heavy atom. The molecule has 162 valence electrons. The van der Waals surface area contributed by atoms with Crippen LogP contribution in [0.15, 0.2) is 18.2 Å². The van der Waals surface area contributed by atoms with Crippen molar-refractivity contribution in [1.82, 2.24) is 0 Å². The quantitative estimate of drug-likeness (QED) is 0.713. The summed E-state index contributed by atoms with van der Waals surface area (Å²) in [4.78, 5) is 0. The highest BCUT2D eigenvalue weighted by Crippen LogP contribution is 2.63. The van der Waals surface area contributed by atoms with Gasteiger partial charge in [-0.25, -0.2) is 5.14 Å². The van der Waals surface area contributed by atoms with Gasteiger partial charge in [0.2, 0.25) is 0 Å². The van der Waals surface area contributed by atoms with Crippen LogP contribution in [-0.4, -0.2) is 22.9 Å². The number of hydrogen-bond acceptors (Lipinski definition) is 6. The van der Waals surface area contributed by atoms with E-state index in [0.717, 1.165) is 44.1 Å². The molecule has 5 atom stereocenters. The fourth-order valence-corrected chi connectivity index (χ4v) is 7.46. The summed E-state index contributed by atoms with van der Waals surface area (Å²) < 4.78 is 55.8. The van der Waals surface area contributed by atoms with Crippen molar-refractivity contribution in [3.8, 4) is 5.75 Å². The number of fused-ring (bicyclic) bond motifs is 5. The maximum absolute atomic E-state index is 11.6. The second-order valence-corrected chi connectivity index (χ2v) is 11.0. The van der Waals surface area contributed by atoms with E-state index in [4.69, 9.17) is 18.6 Å². The van der Waals surface area contributed by atoms with Crippen LogP contribution in [0.2, 0.25) is 0 Å². The van der Waals surface area contributed by atoms with Gasteiger partial charge >= 0.3 is 20.6 Å². The molecule has 0 saturated heterocycles. The maximum Gasteiger partial charge on any atom is 0.380 e. The average Bonchev–Trinajstić information content (AvgIpc) is 2.97. The molecule has 3 aliphatic carbocycles. The van der Waals surface area contributed by atoms with Crippen LogP contribution in [-0.2, 0) is 31.2 Å². The van der Waals surface area contributed by atoms with Crippen LogP contribution in [0, 0.1) is 17.3 Å². The lowest BCUT2D eigenvalue weighted by molar-refractivity contribution is -0.0256. The van der Waals surface area contributed by atoms with Gasteiger partial charge in [0.25, 0.3) is 0 Å². The molecule has 0 aliphatic heterocycles. The van der Waals surface area contributed by atoms with Gasteiger partial charge in [-0.1, -0.05) is 13.0 Å². The fraction of sp³-hybridized carbons (Fsp3) is 0.684. The van der Waals surface area contributed by atoms with Crippen molar-refractivity contribution in [2.45, 2.75) is 63.9 Å². The van der Waals surface area contributed by atoms with Crippen LogP contribution < -0.4 is 14.5 Å². The molecule has 0 amide bonds. The predicted octanol–water partition coefficient (Wildman–Crippen LogP) is 2.10. The van der Waals surface area contributed by atoms with Crippen LogP contribution in [0.1, 0.15) is 62.5 Å². The molecule has 0 spiro atoms. The van der Waals surface area contributed by atoms with E-state index in [1.807, 2.05) is 6.07 Å². The summed E-state index contributed by atoms with van der Waals surface area (Å²) in [5, 5.41) is 10.2. The zero-order chi connectivity index (χ0) is 21.0. The summed E-state index contributed by atoms with van der Waals surface area (Å²) in [7, 11) is -8.02. The lowest BCUT2D eigenvalue weighted by atomic mass is 9.54. The molecule has 0 heterocycles. The molecule has 1 aromatic rings. The summed E-state index contributed by atoms with van der Waals surface area (Å²) in [6.45, 7) is 2.12. The first-order valence-corrected chi connectivity index (χ1v) is 13.0. The largest absolute Gasteiger partial charge is 0.380 e. The Hall–Kier alpha value is -1.20. The zero-order valence-electron chi connectivity index (χ0n) is 16.4. The van der Waals surface area contributed by atoms with Crippen molar-refractivity contribution in [2.24, 2.45) is 27.5 Å². The minimum Gasteiger partial charge on any atom is -0.371 e. The zero-order valence-corrected chi connectivity index (χ0v) is 18.0. The summed E-state index contributed by atoms with van der Waals surface area (Å²) >= 11 is 0. The third-order valence-corrected chi connectivity index (χ3v) is 8.38. The molecule has 2 fully saturated rings. The van der Waals surface area contributed by atoms with Gasteiger partial charge in [-0.3, -0.25) is 4.18 Å². The second kappa shape index (κ2) is 7.19. The van der Waals surface area contributed by atoms with Gasteiger partial charge in [0, 0.05) is 5.41 Å². The second-order valence-electron chi connectivity index (χ2n) is 8.63. The van der Waals surface area contributed by atoms with Crippen molar-refractivity contribution in [3.05, 3.63) is 29.3 Å². The molecule has 0 radical (unpaired) electrons. The van der Waals surface area contributed by atoms with Gasteiger partial charge in [0.15, 0.2) is 0 Å². The van der Waals surface area contributed by atoms with Gasteiger partial charge in [-0.15, -0.1) is 0 Å². The summed E-state index contributed by atoms with van der Waals surface area (Å²) in [5.41, 5.74) is 2.19. The van der Waals surface area contributed by atoms with E-state index in [2.05, 4.69) is 6.92 Å². The molecule has 0 bridgehead atoms. The molecule has 1 aromatic carbocycles. The molecular formula is C19H28N2O6S2. The van der Waals surface area contributed by atoms with Crippen LogP contribution in [0.5, 0.6) is 5.75 Å². The Morgan fingerprint density at radius 1 is 1.07 bits per heavy atom. The van der Waals surface area contributed by atoms with Gasteiger partial charge in [0.1, 0.15) is 5.75 Å². The highest BCUT2D eigenvalue weighted by Gasteiger charge is 2.57. The molecule has 0 unspecified atom stereocenters. The van der Waals surface area contributed by atoms with E-state index in [1.165, 1.54) is 5.56 Å². The van der Waals surface area contributed by atoms with Crippen molar-refractivity contribution < 1.29 is 25.2 Å². The smallest absolute Gasteiger partial charge is 0.371 e. The van der Waals surface area contributed by atoms with E-state index in [9.17, 15) is 16.8 Å². The first kappa shape index (κ1) is 21.0. The van der Waals surface area contributed by atoms with Crippen molar-refractivity contribution in [2.75, 3.05) is 0 Å². The number of aryl methyl sites for hydroxylation is 1. The van der Waals surface area contributed by atoms with Crippen LogP contribution in [0.25, 0.3) is 0 Å². The standard InChI is InChI=1S/C19H28N2O6S2/c1-2-19-10-9-15-14-6-4-13(26-28(20,22)23)11-12(14)3-5-16(15)17(19)7-8-18(19)27-29(21,24)25/h4,6,11,15-18H,2-3,5,7-10H2,1H3,(H2,20,22,23)(H2,21,24,25)/t15-,16-,17+,18+,19+/m1/s1. The average molecular weight is 445 g/mol. The van der Waals surface area contributed by atoms with Crippen LogP contribution in [0.4, 0.5) is 0 Å². The van der Waals surface area contributed by atoms with E-state index in [-0.39, 0.29) is 17.3 Å². The number of rotatable bonds is 5.